The second-order valence-corrected chi connectivity index (χ2v) is 5.42. The third-order valence-corrected chi connectivity index (χ3v) is 3.67. The summed E-state index contributed by atoms with van der Waals surface area (Å²) in [6.07, 6.45) is 3.73. The fourth-order valence-corrected chi connectivity index (χ4v) is 2.32. The first-order valence-corrected chi connectivity index (χ1v) is 8.08. The van der Waals surface area contributed by atoms with Gasteiger partial charge in [0.05, 0.1) is 13.2 Å². The molecule has 2 N–H and O–H groups in total. The predicted molar refractivity (Wildman–Crippen MR) is 87.2 cm³/mol. The van der Waals surface area contributed by atoms with Gasteiger partial charge in [-0.3, -0.25) is 14.7 Å². The van der Waals surface area contributed by atoms with Crippen LogP contribution >= 0.6 is 0 Å². The summed E-state index contributed by atoms with van der Waals surface area (Å²) in [7, 11) is 0. The van der Waals surface area contributed by atoms with Crippen LogP contribution in [0.3, 0.4) is 0 Å². The van der Waals surface area contributed by atoms with E-state index < -0.39 is 0 Å². The molecule has 2 rings (SSSR count). The maximum atomic E-state index is 12.0. The minimum atomic E-state index is -0.106. The number of morpholine rings is 1. The van der Waals surface area contributed by atoms with Crippen molar-refractivity contribution in [2.45, 2.75) is 19.8 Å². The van der Waals surface area contributed by atoms with E-state index in [0.29, 0.717) is 12.2 Å². The number of ether oxygens (including phenoxy) is 1. The molecule has 1 aromatic heterocycles. The Bertz CT molecular complexity index is 461. The summed E-state index contributed by atoms with van der Waals surface area (Å²) in [6, 6.07) is 3.70. The second kappa shape index (κ2) is 9.38. The van der Waals surface area contributed by atoms with Gasteiger partial charge in [0.25, 0.3) is 5.91 Å². The summed E-state index contributed by atoms with van der Waals surface area (Å²) in [5.41, 5.74) is 1.40. The van der Waals surface area contributed by atoms with Crippen LogP contribution in [0, 0.1) is 0 Å². The third kappa shape index (κ3) is 5.61. The van der Waals surface area contributed by atoms with Gasteiger partial charge in [-0.1, -0.05) is 13.3 Å². The monoisotopic (exact) mass is 306 g/mol. The lowest BCUT2D eigenvalue weighted by Crippen LogP contribution is -2.39. The van der Waals surface area contributed by atoms with Gasteiger partial charge in [-0.05, 0) is 18.6 Å². The van der Waals surface area contributed by atoms with E-state index in [-0.39, 0.29) is 5.91 Å². The molecular weight excluding hydrogens is 280 g/mol. The van der Waals surface area contributed by atoms with Gasteiger partial charge in [-0.25, -0.2) is 0 Å². The largest absolute Gasteiger partial charge is 0.384 e. The Labute approximate surface area is 132 Å². The molecule has 0 radical (unpaired) electrons. The number of hydrogen-bond acceptors (Lipinski definition) is 5. The normalized spacial score (nSPS) is 15.5. The first-order valence-electron chi connectivity index (χ1n) is 8.08. The van der Waals surface area contributed by atoms with Crippen molar-refractivity contribution < 1.29 is 9.53 Å². The third-order valence-electron chi connectivity index (χ3n) is 3.67. The van der Waals surface area contributed by atoms with Crippen LogP contribution in [0.5, 0.6) is 0 Å². The molecule has 1 fully saturated rings. The van der Waals surface area contributed by atoms with Crippen molar-refractivity contribution in [1.29, 1.82) is 0 Å². The number of amides is 1. The topological polar surface area (TPSA) is 66.5 Å². The van der Waals surface area contributed by atoms with Crippen LogP contribution in [0.4, 0.5) is 5.69 Å². The number of aromatic nitrogens is 1. The van der Waals surface area contributed by atoms with Gasteiger partial charge in [0.15, 0.2) is 0 Å². The Balaban J connectivity index is 1.76. The fourth-order valence-electron chi connectivity index (χ4n) is 2.32. The molecule has 6 nitrogen and oxygen atoms in total. The zero-order valence-corrected chi connectivity index (χ0v) is 13.3. The number of carbonyl (C=O) groups is 1. The zero-order valence-electron chi connectivity index (χ0n) is 13.3. The van der Waals surface area contributed by atoms with Gasteiger partial charge in [0.1, 0.15) is 5.69 Å². The number of nitrogens with zero attached hydrogens (tertiary/aromatic N) is 2. The SMILES string of the molecule is CCCCNC(=O)c1cc(NCCN2CCOCC2)ccn1. The summed E-state index contributed by atoms with van der Waals surface area (Å²) >= 11 is 0. The van der Waals surface area contributed by atoms with Crippen LogP contribution in [-0.4, -0.2) is 61.7 Å². The highest BCUT2D eigenvalue weighted by Crippen LogP contribution is 2.08. The average molecular weight is 306 g/mol. The molecule has 1 aromatic rings. The standard InChI is InChI=1S/C16H26N4O2/c1-2-3-5-19-16(21)15-13-14(4-6-18-15)17-7-8-20-9-11-22-12-10-20/h4,6,13H,2-3,5,7-12H2,1H3,(H,17,18)(H,19,21). The minimum Gasteiger partial charge on any atom is -0.384 e. The van der Waals surface area contributed by atoms with E-state index in [1.54, 1.807) is 12.3 Å². The van der Waals surface area contributed by atoms with E-state index in [1.807, 2.05) is 6.07 Å². The van der Waals surface area contributed by atoms with Crippen LogP contribution in [0.25, 0.3) is 0 Å². The lowest BCUT2D eigenvalue weighted by atomic mass is 10.3. The van der Waals surface area contributed by atoms with Crippen LogP contribution in [-0.2, 0) is 4.74 Å². The van der Waals surface area contributed by atoms with Crippen molar-refractivity contribution in [3.8, 4) is 0 Å². The highest BCUT2D eigenvalue weighted by atomic mass is 16.5. The summed E-state index contributed by atoms with van der Waals surface area (Å²) in [6.45, 7) is 8.24. The molecule has 1 saturated heterocycles. The highest BCUT2D eigenvalue weighted by Gasteiger charge is 2.10. The molecule has 0 unspecified atom stereocenters. The van der Waals surface area contributed by atoms with Crippen molar-refractivity contribution in [2.24, 2.45) is 0 Å². The van der Waals surface area contributed by atoms with Crippen LogP contribution in [0.2, 0.25) is 0 Å². The molecule has 2 heterocycles. The fraction of sp³-hybridized carbons (Fsp3) is 0.625. The molecule has 1 amide bonds. The Hall–Kier alpha value is -1.66. The van der Waals surface area contributed by atoms with Crippen molar-refractivity contribution in [3.63, 3.8) is 0 Å². The highest BCUT2D eigenvalue weighted by molar-refractivity contribution is 5.93. The van der Waals surface area contributed by atoms with Gasteiger partial charge in [-0.15, -0.1) is 0 Å². The molecule has 0 atom stereocenters. The van der Waals surface area contributed by atoms with Crippen molar-refractivity contribution in [3.05, 3.63) is 24.0 Å². The lowest BCUT2D eigenvalue weighted by Gasteiger charge is -2.26. The van der Waals surface area contributed by atoms with Crippen LogP contribution in [0.1, 0.15) is 30.3 Å². The van der Waals surface area contributed by atoms with Crippen LogP contribution in [0.15, 0.2) is 18.3 Å². The zero-order chi connectivity index (χ0) is 15.6. The van der Waals surface area contributed by atoms with Crippen molar-refractivity contribution >= 4 is 11.6 Å². The Morgan fingerprint density at radius 3 is 2.95 bits per heavy atom. The molecule has 0 spiro atoms. The van der Waals surface area contributed by atoms with Crippen LogP contribution < -0.4 is 10.6 Å². The maximum Gasteiger partial charge on any atom is 0.269 e. The number of pyridine rings is 1. The molecule has 1 aliphatic rings. The molecule has 122 valence electrons. The van der Waals surface area contributed by atoms with Gasteiger partial charge >= 0.3 is 0 Å². The predicted octanol–water partition coefficient (Wildman–Crippen LogP) is 1.36. The quantitative estimate of drug-likeness (QED) is 0.710. The molecular formula is C16H26N4O2. The van der Waals surface area contributed by atoms with Crippen molar-refractivity contribution in [2.75, 3.05) is 51.3 Å². The smallest absolute Gasteiger partial charge is 0.269 e. The Morgan fingerprint density at radius 2 is 2.18 bits per heavy atom. The molecule has 1 aliphatic heterocycles. The van der Waals surface area contributed by atoms with Gasteiger partial charge in [0.2, 0.25) is 0 Å². The minimum absolute atomic E-state index is 0.106. The molecule has 0 aromatic carbocycles. The summed E-state index contributed by atoms with van der Waals surface area (Å²) in [5, 5.41) is 6.24. The Kier molecular flexibility index (Phi) is 7.12. The molecule has 0 bridgehead atoms. The van der Waals surface area contributed by atoms with E-state index in [0.717, 1.165) is 57.9 Å². The van der Waals surface area contributed by atoms with Gasteiger partial charge in [-0.2, -0.15) is 0 Å². The summed E-state index contributed by atoms with van der Waals surface area (Å²) in [4.78, 5) is 18.5. The number of rotatable bonds is 8. The van der Waals surface area contributed by atoms with E-state index >= 15 is 0 Å². The molecule has 0 saturated carbocycles. The molecule has 22 heavy (non-hydrogen) atoms. The van der Waals surface area contributed by atoms with Gasteiger partial charge < -0.3 is 15.4 Å². The number of unbranched alkanes of at least 4 members (excludes halogenated alkanes) is 1. The number of nitrogens with one attached hydrogen (secondary N) is 2. The molecule has 0 aliphatic carbocycles. The number of carbonyl (C=O) groups excluding carboxylic acids is 1. The van der Waals surface area contributed by atoms with E-state index in [2.05, 4.69) is 27.4 Å². The first-order chi connectivity index (χ1) is 10.8. The maximum absolute atomic E-state index is 12.0. The van der Waals surface area contributed by atoms with Crippen molar-refractivity contribution in [1.82, 2.24) is 15.2 Å². The molecule has 6 heteroatoms. The number of anilines is 1. The summed E-state index contributed by atoms with van der Waals surface area (Å²) < 4.78 is 5.33. The second-order valence-electron chi connectivity index (χ2n) is 5.42. The number of hydrogen-bond donors (Lipinski definition) is 2. The summed E-state index contributed by atoms with van der Waals surface area (Å²) in [5.74, 6) is -0.106. The lowest BCUT2D eigenvalue weighted by molar-refractivity contribution is 0.0398. The first kappa shape index (κ1) is 16.7. The van der Waals surface area contributed by atoms with E-state index in [1.165, 1.54) is 0 Å². The Morgan fingerprint density at radius 1 is 1.36 bits per heavy atom. The van der Waals surface area contributed by atoms with E-state index in [4.69, 9.17) is 4.74 Å². The average Bonchev–Trinajstić information content (AvgIpc) is 2.56. The van der Waals surface area contributed by atoms with Gasteiger partial charge in [0, 0.05) is 44.6 Å². The van der Waals surface area contributed by atoms with E-state index in [9.17, 15) is 4.79 Å².